The van der Waals surface area contributed by atoms with Gasteiger partial charge in [-0.25, -0.2) is 4.79 Å². The van der Waals surface area contributed by atoms with Crippen molar-refractivity contribution in [2.75, 3.05) is 0 Å². The molecule has 0 heterocycles. The maximum Gasteiger partial charge on any atom is 0.331 e. The number of hydrogen-bond donors (Lipinski definition) is 1. The molecule has 0 saturated heterocycles. The Morgan fingerprint density at radius 3 is 2.32 bits per heavy atom. The molecule has 0 spiro atoms. The van der Waals surface area contributed by atoms with Crippen LogP contribution in [0.3, 0.4) is 0 Å². The molecule has 1 atom stereocenters. The molecule has 1 rings (SSSR count). The molecule has 0 bridgehead atoms. The lowest BCUT2D eigenvalue weighted by molar-refractivity contribution is -0.151. The highest BCUT2D eigenvalue weighted by atomic mass is 79.9. The van der Waals surface area contributed by atoms with Gasteiger partial charge in [0.15, 0.2) is 6.04 Å². The third-order valence-corrected chi connectivity index (χ3v) is 3.92. The number of halogens is 2. The summed E-state index contributed by atoms with van der Waals surface area (Å²) in [5.41, 5.74) is 0.476. The predicted octanol–water partition coefficient (Wildman–Crippen LogP) is 3.49. The molecule has 1 N–H and O–H groups in total. The lowest BCUT2D eigenvalue weighted by Gasteiger charge is -2.32. The standard InChI is InChI=1S/C13H15BrClNO3/c1-7(2)16(8(3)17)12(13(18)19)9-4-5-10(14)11(15)6-9/h4-7,12H,1-3H3,(H,18,19). The Kier molecular flexibility index (Phi) is 5.38. The summed E-state index contributed by atoms with van der Waals surface area (Å²) < 4.78 is 0.681. The maximum atomic E-state index is 11.7. The molecule has 0 saturated carbocycles. The first-order chi connectivity index (χ1) is 8.75. The minimum Gasteiger partial charge on any atom is -0.479 e. The molecule has 0 fully saturated rings. The number of rotatable bonds is 4. The van der Waals surface area contributed by atoms with E-state index in [1.807, 2.05) is 0 Å². The van der Waals surface area contributed by atoms with E-state index in [2.05, 4.69) is 15.9 Å². The van der Waals surface area contributed by atoms with Crippen LogP contribution in [0.2, 0.25) is 5.02 Å². The molecule has 6 heteroatoms. The normalized spacial score (nSPS) is 12.3. The Morgan fingerprint density at radius 1 is 1.37 bits per heavy atom. The summed E-state index contributed by atoms with van der Waals surface area (Å²) >= 11 is 9.23. The average molecular weight is 349 g/mol. The van der Waals surface area contributed by atoms with E-state index in [9.17, 15) is 14.7 Å². The Labute approximate surface area is 125 Å². The van der Waals surface area contributed by atoms with Crippen LogP contribution in [0.4, 0.5) is 0 Å². The maximum absolute atomic E-state index is 11.7. The van der Waals surface area contributed by atoms with Crippen LogP contribution in [-0.2, 0) is 9.59 Å². The van der Waals surface area contributed by atoms with E-state index in [1.165, 1.54) is 11.8 Å². The molecule has 104 valence electrons. The fraction of sp³-hybridized carbons (Fsp3) is 0.385. The van der Waals surface area contributed by atoms with Crippen LogP contribution in [0.15, 0.2) is 22.7 Å². The van der Waals surface area contributed by atoms with Crippen molar-refractivity contribution >= 4 is 39.4 Å². The van der Waals surface area contributed by atoms with E-state index in [1.54, 1.807) is 32.0 Å². The summed E-state index contributed by atoms with van der Waals surface area (Å²) in [6.45, 7) is 4.91. The van der Waals surface area contributed by atoms with Gasteiger partial charge in [-0.15, -0.1) is 0 Å². The highest BCUT2D eigenvalue weighted by Gasteiger charge is 2.31. The Balaban J connectivity index is 3.30. The van der Waals surface area contributed by atoms with Crippen molar-refractivity contribution in [3.8, 4) is 0 Å². The Hall–Kier alpha value is -1.07. The quantitative estimate of drug-likeness (QED) is 0.906. The number of carbonyl (C=O) groups excluding carboxylic acids is 1. The van der Waals surface area contributed by atoms with Crippen molar-refractivity contribution in [2.45, 2.75) is 32.9 Å². The molecule has 1 amide bonds. The van der Waals surface area contributed by atoms with Crippen molar-refractivity contribution in [3.63, 3.8) is 0 Å². The van der Waals surface area contributed by atoms with Gasteiger partial charge in [-0.1, -0.05) is 17.7 Å². The number of hydrogen-bond acceptors (Lipinski definition) is 2. The molecule has 0 radical (unpaired) electrons. The fourth-order valence-electron chi connectivity index (χ4n) is 1.95. The van der Waals surface area contributed by atoms with E-state index < -0.39 is 12.0 Å². The van der Waals surface area contributed by atoms with Crippen LogP contribution in [0.1, 0.15) is 32.4 Å². The van der Waals surface area contributed by atoms with Crippen molar-refractivity contribution in [3.05, 3.63) is 33.3 Å². The first-order valence-electron chi connectivity index (χ1n) is 5.72. The van der Waals surface area contributed by atoms with Gasteiger partial charge >= 0.3 is 5.97 Å². The highest BCUT2D eigenvalue weighted by molar-refractivity contribution is 9.10. The Bertz CT molecular complexity index is 505. The average Bonchev–Trinajstić information content (AvgIpc) is 2.28. The summed E-state index contributed by atoms with van der Waals surface area (Å²) in [5.74, 6) is -1.37. The van der Waals surface area contributed by atoms with Crippen molar-refractivity contribution in [1.82, 2.24) is 4.90 Å². The smallest absolute Gasteiger partial charge is 0.331 e. The highest BCUT2D eigenvalue weighted by Crippen LogP contribution is 2.30. The summed E-state index contributed by atoms with van der Waals surface area (Å²) in [5, 5.41) is 9.82. The Morgan fingerprint density at radius 2 is 1.95 bits per heavy atom. The van der Waals surface area contributed by atoms with Crippen molar-refractivity contribution < 1.29 is 14.7 Å². The summed E-state index contributed by atoms with van der Waals surface area (Å²) in [6.07, 6.45) is 0. The summed E-state index contributed by atoms with van der Waals surface area (Å²) in [6, 6.07) is 3.62. The number of carboxylic acids is 1. The molecule has 1 aromatic rings. The molecule has 1 aromatic carbocycles. The minimum atomic E-state index is -1.08. The van der Waals surface area contributed by atoms with Gasteiger partial charge in [-0.3, -0.25) is 4.79 Å². The number of amides is 1. The zero-order valence-corrected chi connectivity index (χ0v) is 13.2. The second kappa shape index (κ2) is 6.39. The second-order valence-corrected chi connectivity index (χ2v) is 5.70. The van der Waals surface area contributed by atoms with Gasteiger partial charge in [0, 0.05) is 17.4 Å². The molecular weight excluding hydrogens is 334 g/mol. The van der Waals surface area contributed by atoms with Crippen LogP contribution < -0.4 is 0 Å². The molecule has 0 aromatic heterocycles. The number of nitrogens with zero attached hydrogens (tertiary/aromatic N) is 1. The molecule has 19 heavy (non-hydrogen) atoms. The first kappa shape index (κ1) is 16.0. The first-order valence-corrected chi connectivity index (χ1v) is 6.89. The van der Waals surface area contributed by atoms with E-state index in [0.29, 0.717) is 15.1 Å². The predicted molar refractivity (Wildman–Crippen MR) is 77.2 cm³/mol. The molecule has 0 aliphatic rings. The number of benzene rings is 1. The lowest BCUT2D eigenvalue weighted by Crippen LogP contribution is -2.42. The third kappa shape index (κ3) is 3.70. The van der Waals surface area contributed by atoms with Crippen molar-refractivity contribution in [2.24, 2.45) is 0 Å². The van der Waals surface area contributed by atoms with Crippen LogP contribution in [0.25, 0.3) is 0 Å². The van der Waals surface area contributed by atoms with Crippen LogP contribution in [0.5, 0.6) is 0 Å². The van der Waals surface area contributed by atoms with Gasteiger partial charge in [-0.05, 0) is 47.5 Å². The van der Waals surface area contributed by atoms with Gasteiger partial charge in [0.2, 0.25) is 5.91 Å². The number of carbonyl (C=O) groups is 2. The van der Waals surface area contributed by atoms with E-state index in [-0.39, 0.29) is 11.9 Å². The minimum absolute atomic E-state index is 0.221. The van der Waals surface area contributed by atoms with Gasteiger partial charge < -0.3 is 10.0 Å². The molecule has 1 unspecified atom stereocenters. The summed E-state index contributed by atoms with van der Waals surface area (Å²) in [7, 11) is 0. The molecular formula is C13H15BrClNO3. The SMILES string of the molecule is CC(=O)N(C(C)C)C(C(=O)O)c1ccc(Br)c(Cl)c1. The van der Waals surface area contributed by atoms with E-state index in [0.717, 1.165) is 0 Å². The monoisotopic (exact) mass is 347 g/mol. The van der Waals surface area contributed by atoms with Crippen molar-refractivity contribution in [1.29, 1.82) is 0 Å². The fourth-order valence-corrected chi connectivity index (χ4v) is 2.38. The second-order valence-electron chi connectivity index (χ2n) is 4.43. The van der Waals surface area contributed by atoms with Crippen LogP contribution in [0, 0.1) is 0 Å². The largest absolute Gasteiger partial charge is 0.479 e. The molecule has 0 aliphatic carbocycles. The van der Waals surface area contributed by atoms with Crippen LogP contribution >= 0.6 is 27.5 Å². The van der Waals surface area contributed by atoms with Gasteiger partial charge in [0.05, 0.1) is 5.02 Å². The zero-order chi connectivity index (χ0) is 14.7. The molecule has 4 nitrogen and oxygen atoms in total. The van der Waals surface area contributed by atoms with Gasteiger partial charge in [-0.2, -0.15) is 0 Å². The number of carboxylic acid groups (broad SMARTS) is 1. The van der Waals surface area contributed by atoms with Gasteiger partial charge in [0.1, 0.15) is 0 Å². The van der Waals surface area contributed by atoms with E-state index in [4.69, 9.17) is 11.6 Å². The number of aliphatic carboxylic acids is 1. The summed E-state index contributed by atoms with van der Waals surface area (Å²) in [4.78, 5) is 24.5. The topological polar surface area (TPSA) is 57.6 Å². The van der Waals surface area contributed by atoms with E-state index >= 15 is 0 Å². The third-order valence-electron chi connectivity index (χ3n) is 2.69. The molecule has 0 aliphatic heterocycles. The zero-order valence-electron chi connectivity index (χ0n) is 10.9. The van der Waals surface area contributed by atoms with Gasteiger partial charge in [0.25, 0.3) is 0 Å². The van der Waals surface area contributed by atoms with Crippen LogP contribution in [-0.4, -0.2) is 27.9 Å². The lowest BCUT2D eigenvalue weighted by atomic mass is 10.0.